The van der Waals surface area contributed by atoms with Crippen LogP contribution in [-0.2, 0) is 5.41 Å². The minimum atomic E-state index is -0.470. The number of benzene rings is 2. The van der Waals surface area contributed by atoms with Gasteiger partial charge in [0, 0.05) is 5.56 Å². The van der Waals surface area contributed by atoms with Gasteiger partial charge in [-0.1, -0.05) is 45.0 Å². The molecule has 0 fully saturated rings. The van der Waals surface area contributed by atoms with Gasteiger partial charge in [0.25, 0.3) is 5.91 Å². The summed E-state index contributed by atoms with van der Waals surface area (Å²) >= 11 is 0. The second kappa shape index (κ2) is 6.52. The monoisotopic (exact) mass is 312 g/mol. The molecule has 0 aliphatic heterocycles. The number of aromatic hydroxyl groups is 2. The normalized spacial score (nSPS) is 11.6. The topological polar surface area (TPSA) is 81.9 Å². The summed E-state index contributed by atoms with van der Waals surface area (Å²) in [6.07, 6.45) is 1.55. The molecule has 120 valence electrons. The third-order valence-electron chi connectivity index (χ3n) is 3.39. The van der Waals surface area contributed by atoms with E-state index in [1.807, 2.05) is 24.3 Å². The van der Waals surface area contributed by atoms with E-state index in [-0.39, 0.29) is 22.5 Å². The first-order chi connectivity index (χ1) is 10.8. The van der Waals surface area contributed by atoms with Crippen LogP contribution < -0.4 is 5.43 Å². The van der Waals surface area contributed by atoms with Crippen LogP contribution in [0.4, 0.5) is 0 Å². The average molecular weight is 312 g/mol. The number of carbonyl (C=O) groups excluding carboxylic acids is 1. The van der Waals surface area contributed by atoms with Crippen LogP contribution in [-0.4, -0.2) is 22.3 Å². The van der Waals surface area contributed by atoms with Crippen molar-refractivity contribution in [2.45, 2.75) is 26.2 Å². The molecule has 5 nitrogen and oxygen atoms in total. The van der Waals surface area contributed by atoms with E-state index in [2.05, 4.69) is 31.3 Å². The Morgan fingerprint density at radius 1 is 1.04 bits per heavy atom. The van der Waals surface area contributed by atoms with E-state index in [0.29, 0.717) is 0 Å². The van der Waals surface area contributed by atoms with Gasteiger partial charge in [0.15, 0.2) is 11.5 Å². The lowest BCUT2D eigenvalue weighted by Gasteiger charge is -2.18. The van der Waals surface area contributed by atoms with Crippen LogP contribution in [0.25, 0.3) is 0 Å². The largest absolute Gasteiger partial charge is 0.504 e. The van der Waals surface area contributed by atoms with E-state index in [1.165, 1.54) is 23.8 Å². The third kappa shape index (κ3) is 4.32. The van der Waals surface area contributed by atoms with E-state index in [0.717, 1.165) is 5.56 Å². The number of nitrogens with zero attached hydrogens (tertiary/aromatic N) is 1. The maximum absolute atomic E-state index is 11.9. The zero-order valence-corrected chi connectivity index (χ0v) is 13.4. The molecule has 0 aliphatic rings. The predicted molar refractivity (Wildman–Crippen MR) is 90.0 cm³/mol. The number of hydrazone groups is 1. The van der Waals surface area contributed by atoms with Crippen LogP contribution in [0, 0.1) is 0 Å². The van der Waals surface area contributed by atoms with E-state index < -0.39 is 5.91 Å². The summed E-state index contributed by atoms with van der Waals surface area (Å²) in [5.41, 5.74) is 4.76. The summed E-state index contributed by atoms with van der Waals surface area (Å²) in [6.45, 7) is 6.43. The molecule has 23 heavy (non-hydrogen) atoms. The maximum atomic E-state index is 11.9. The van der Waals surface area contributed by atoms with E-state index >= 15 is 0 Å². The number of hydrogen-bond donors (Lipinski definition) is 3. The summed E-state index contributed by atoms with van der Waals surface area (Å²) in [4.78, 5) is 11.9. The fraction of sp³-hybridized carbons (Fsp3) is 0.222. The Labute approximate surface area is 135 Å². The Kier molecular flexibility index (Phi) is 4.69. The van der Waals surface area contributed by atoms with Crippen LogP contribution in [0.5, 0.6) is 11.5 Å². The van der Waals surface area contributed by atoms with Crippen LogP contribution in [0.15, 0.2) is 47.6 Å². The van der Waals surface area contributed by atoms with Gasteiger partial charge in [-0.2, -0.15) is 5.10 Å². The Balaban J connectivity index is 2.01. The zero-order valence-electron chi connectivity index (χ0n) is 13.4. The van der Waals surface area contributed by atoms with Gasteiger partial charge in [0.2, 0.25) is 0 Å². The van der Waals surface area contributed by atoms with Crippen molar-refractivity contribution in [3.05, 3.63) is 59.2 Å². The fourth-order valence-corrected chi connectivity index (χ4v) is 1.96. The highest BCUT2D eigenvalue weighted by Crippen LogP contribution is 2.24. The summed E-state index contributed by atoms with van der Waals surface area (Å²) in [5, 5.41) is 22.5. The number of phenolic OH excluding ortho intramolecular Hbond substituents is 2. The highest BCUT2D eigenvalue weighted by Gasteiger charge is 2.12. The first kappa shape index (κ1) is 16.5. The zero-order chi connectivity index (χ0) is 17.0. The Bertz CT molecular complexity index is 729. The predicted octanol–water partition coefficient (Wildman–Crippen LogP) is 3.16. The Hall–Kier alpha value is -2.82. The summed E-state index contributed by atoms with van der Waals surface area (Å²) < 4.78 is 0. The number of phenols is 2. The molecule has 0 saturated carbocycles. The average Bonchev–Trinajstić information content (AvgIpc) is 2.49. The van der Waals surface area contributed by atoms with E-state index in [9.17, 15) is 15.0 Å². The maximum Gasteiger partial charge on any atom is 0.271 e. The van der Waals surface area contributed by atoms with Gasteiger partial charge >= 0.3 is 0 Å². The van der Waals surface area contributed by atoms with E-state index in [1.54, 1.807) is 6.21 Å². The van der Waals surface area contributed by atoms with Gasteiger partial charge in [0.1, 0.15) is 0 Å². The van der Waals surface area contributed by atoms with Crippen molar-refractivity contribution in [2.24, 2.45) is 5.10 Å². The highest BCUT2D eigenvalue weighted by atomic mass is 16.3. The lowest BCUT2D eigenvalue weighted by Crippen LogP contribution is -2.17. The van der Waals surface area contributed by atoms with Crippen LogP contribution in [0.3, 0.4) is 0 Å². The fourth-order valence-electron chi connectivity index (χ4n) is 1.96. The molecule has 0 saturated heterocycles. The standard InChI is InChI=1S/C18H20N2O3/c1-18(2,3)14-7-4-12(5-8-14)11-19-20-17(23)13-6-9-15(21)16(22)10-13/h4-11,21-22H,1-3H3,(H,20,23)/b19-11+. The molecule has 0 spiro atoms. The number of hydrogen-bond acceptors (Lipinski definition) is 4. The first-order valence-corrected chi connectivity index (χ1v) is 7.23. The molecule has 0 bridgehead atoms. The molecule has 0 radical (unpaired) electrons. The number of carbonyl (C=O) groups is 1. The van der Waals surface area contributed by atoms with Crippen molar-refractivity contribution in [3.8, 4) is 11.5 Å². The molecule has 1 amide bonds. The van der Waals surface area contributed by atoms with Gasteiger partial charge in [-0.3, -0.25) is 4.79 Å². The third-order valence-corrected chi connectivity index (χ3v) is 3.39. The molecular weight excluding hydrogens is 292 g/mol. The minimum Gasteiger partial charge on any atom is -0.504 e. The lowest BCUT2D eigenvalue weighted by atomic mass is 9.87. The summed E-state index contributed by atoms with van der Waals surface area (Å²) in [7, 11) is 0. The molecule has 2 rings (SSSR count). The molecule has 2 aromatic carbocycles. The van der Waals surface area contributed by atoms with Crippen molar-refractivity contribution in [1.82, 2.24) is 5.43 Å². The molecule has 0 atom stereocenters. The van der Waals surface area contributed by atoms with Gasteiger partial charge < -0.3 is 10.2 Å². The molecule has 5 heteroatoms. The molecule has 0 aliphatic carbocycles. The Morgan fingerprint density at radius 3 is 2.26 bits per heavy atom. The summed E-state index contributed by atoms with van der Waals surface area (Å²) in [5.74, 6) is -1.09. The van der Waals surface area contributed by atoms with Crippen molar-refractivity contribution in [3.63, 3.8) is 0 Å². The lowest BCUT2D eigenvalue weighted by molar-refractivity contribution is 0.0954. The molecule has 0 aromatic heterocycles. The second-order valence-corrected chi connectivity index (χ2v) is 6.27. The van der Waals surface area contributed by atoms with Crippen molar-refractivity contribution < 1.29 is 15.0 Å². The van der Waals surface area contributed by atoms with Crippen molar-refractivity contribution >= 4 is 12.1 Å². The van der Waals surface area contributed by atoms with Gasteiger partial charge in [-0.15, -0.1) is 0 Å². The van der Waals surface area contributed by atoms with Crippen LogP contribution in [0.2, 0.25) is 0 Å². The van der Waals surface area contributed by atoms with E-state index in [4.69, 9.17) is 0 Å². The number of rotatable bonds is 3. The first-order valence-electron chi connectivity index (χ1n) is 7.23. The molecule has 0 unspecified atom stereocenters. The highest BCUT2D eigenvalue weighted by molar-refractivity contribution is 5.95. The van der Waals surface area contributed by atoms with Crippen LogP contribution >= 0.6 is 0 Å². The Morgan fingerprint density at radius 2 is 1.70 bits per heavy atom. The SMILES string of the molecule is CC(C)(C)c1ccc(/C=N/NC(=O)c2ccc(O)c(O)c2)cc1. The molecule has 0 heterocycles. The molecule has 2 aromatic rings. The van der Waals surface area contributed by atoms with Gasteiger partial charge in [0.05, 0.1) is 6.21 Å². The van der Waals surface area contributed by atoms with Crippen LogP contribution in [0.1, 0.15) is 42.3 Å². The minimum absolute atomic E-state index is 0.0881. The van der Waals surface area contributed by atoms with Gasteiger partial charge in [-0.05, 0) is 34.7 Å². The smallest absolute Gasteiger partial charge is 0.271 e. The molecular formula is C18H20N2O3. The molecule has 3 N–H and O–H groups in total. The number of nitrogens with one attached hydrogen (secondary N) is 1. The van der Waals surface area contributed by atoms with Crippen molar-refractivity contribution in [2.75, 3.05) is 0 Å². The second-order valence-electron chi connectivity index (χ2n) is 6.27. The summed E-state index contributed by atoms with van der Waals surface area (Å²) in [6, 6.07) is 11.8. The number of amides is 1. The van der Waals surface area contributed by atoms with Crippen molar-refractivity contribution in [1.29, 1.82) is 0 Å². The van der Waals surface area contributed by atoms with Gasteiger partial charge in [-0.25, -0.2) is 5.43 Å². The quantitative estimate of drug-likeness (QED) is 0.462.